The van der Waals surface area contributed by atoms with E-state index in [0.29, 0.717) is 6.42 Å². The Bertz CT molecular complexity index is 886. The van der Waals surface area contributed by atoms with Crippen molar-refractivity contribution in [3.05, 3.63) is 35.9 Å². The fourth-order valence-electron chi connectivity index (χ4n) is 6.13. The lowest BCUT2D eigenvalue weighted by Crippen LogP contribution is -2.64. The van der Waals surface area contributed by atoms with Crippen molar-refractivity contribution in [1.29, 1.82) is 0 Å². The zero-order valence-electron chi connectivity index (χ0n) is 21.6. The number of aliphatic hydroxyl groups is 1. The number of alkyl carbamates (subject to hydrolysis) is 1. The van der Waals surface area contributed by atoms with Crippen LogP contribution in [0.3, 0.4) is 0 Å². The monoisotopic (exact) mass is 462 g/mol. The van der Waals surface area contributed by atoms with Gasteiger partial charge in [0.25, 0.3) is 0 Å². The van der Waals surface area contributed by atoms with Gasteiger partial charge in [0.2, 0.25) is 0 Å². The summed E-state index contributed by atoms with van der Waals surface area (Å²) in [5.74, 6) is -0.960. The standard InChI is InChI=1S/C26H42N2O5/c1-21(2)22(3,4)32-26(9)24(21,7)25(8,23(5,6)33-26)31-20(30)28-18(19(29)16-27)15-17-13-11-10-12-14-17/h10-14,18-19,29H,15-16,27H2,1-9H3,(H,28,30)/t18-,19+,24-,25-,26+/m0/s1. The molecule has 186 valence electrons. The van der Waals surface area contributed by atoms with Gasteiger partial charge in [-0.3, -0.25) is 0 Å². The topological polar surface area (TPSA) is 103 Å². The van der Waals surface area contributed by atoms with Crippen molar-refractivity contribution in [2.24, 2.45) is 16.6 Å². The fourth-order valence-corrected chi connectivity index (χ4v) is 6.13. The lowest BCUT2D eigenvalue weighted by atomic mass is 9.51. The van der Waals surface area contributed by atoms with E-state index in [1.807, 2.05) is 71.9 Å². The highest BCUT2D eigenvalue weighted by Gasteiger charge is 2.84. The van der Waals surface area contributed by atoms with Crippen LogP contribution in [0.2, 0.25) is 0 Å². The van der Waals surface area contributed by atoms with Gasteiger partial charge in [-0.2, -0.15) is 0 Å². The van der Waals surface area contributed by atoms with E-state index in [1.165, 1.54) is 0 Å². The number of carbonyl (C=O) groups is 1. The number of ether oxygens (including phenoxy) is 3. The van der Waals surface area contributed by atoms with Gasteiger partial charge in [-0.25, -0.2) is 4.79 Å². The van der Waals surface area contributed by atoms with Gasteiger partial charge >= 0.3 is 6.09 Å². The Morgan fingerprint density at radius 1 is 1.00 bits per heavy atom. The van der Waals surface area contributed by atoms with Crippen LogP contribution in [0.25, 0.3) is 0 Å². The molecule has 0 bridgehead atoms. The molecule has 0 aromatic heterocycles. The van der Waals surface area contributed by atoms with Crippen LogP contribution in [0, 0.1) is 10.8 Å². The van der Waals surface area contributed by atoms with Crippen LogP contribution in [0.1, 0.15) is 67.9 Å². The Balaban J connectivity index is 1.92. The quantitative estimate of drug-likeness (QED) is 0.595. The molecule has 0 spiro atoms. The highest BCUT2D eigenvalue weighted by molar-refractivity contribution is 5.69. The first-order valence-corrected chi connectivity index (χ1v) is 11.8. The maximum atomic E-state index is 13.3. The van der Waals surface area contributed by atoms with Gasteiger partial charge < -0.3 is 30.4 Å². The molecule has 1 aromatic carbocycles. The van der Waals surface area contributed by atoms with Crippen molar-refractivity contribution in [3.63, 3.8) is 0 Å². The molecule has 0 saturated carbocycles. The van der Waals surface area contributed by atoms with Gasteiger partial charge in [-0.15, -0.1) is 0 Å². The molecular weight excluding hydrogens is 420 g/mol. The van der Waals surface area contributed by atoms with Gasteiger partial charge in [-0.05, 0) is 60.5 Å². The van der Waals surface area contributed by atoms with Crippen LogP contribution in [0.15, 0.2) is 30.3 Å². The number of benzene rings is 1. The summed E-state index contributed by atoms with van der Waals surface area (Å²) in [6.45, 7) is 18.2. The summed E-state index contributed by atoms with van der Waals surface area (Å²) < 4.78 is 19.3. The van der Waals surface area contributed by atoms with E-state index >= 15 is 0 Å². The molecule has 2 fully saturated rings. The maximum Gasteiger partial charge on any atom is 0.408 e. The third-order valence-electron chi connectivity index (χ3n) is 9.27. The Kier molecular flexibility index (Phi) is 6.24. The third kappa shape index (κ3) is 3.59. The zero-order chi connectivity index (χ0) is 25.1. The number of fused-ring (bicyclic) bond motifs is 1. The molecule has 33 heavy (non-hydrogen) atoms. The maximum absolute atomic E-state index is 13.3. The summed E-state index contributed by atoms with van der Waals surface area (Å²) in [6.07, 6.45) is -1.10. The fraction of sp³-hybridized carbons (Fsp3) is 0.731. The summed E-state index contributed by atoms with van der Waals surface area (Å²) in [5.41, 5.74) is 3.24. The second-order valence-corrected chi connectivity index (χ2v) is 11.6. The molecule has 1 amide bonds. The van der Waals surface area contributed by atoms with E-state index in [9.17, 15) is 9.90 Å². The van der Waals surface area contributed by atoms with Gasteiger partial charge in [-0.1, -0.05) is 44.2 Å². The van der Waals surface area contributed by atoms with E-state index in [2.05, 4.69) is 26.1 Å². The number of hydrogen-bond donors (Lipinski definition) is 3. The molecule has 5 atom stereocenters. The smallest absolute Gasteiger partial charge is 0.408 e. The molecule has 0 radical (unpaired) electrons. The molecule has 2 saturated heterocycles. The third-order valence-corrected chi connectivity index (χ3v) is 9.27. The largest absolute Gasteiger partial charge is 0.439 e. The Labute approximate surface area is 198 Å². The summed E-state index contributed by atoms with van der Waals surface area (Å²) in [7, 11) is 0. The molecule has 1 aromatic rings. The number of amides is 1. The second-order valence-electron chi connectivity index (χ2n) is 11.6. The molecule has 4 N–H and O–H groups in total. The summed E-state index contributed by atoms with van der Waals surface area (Å²) >= 11 is 0. The van der Waals surface area contributed by atoms with Crippen molar-refractivity contribution < 1.29 is 24.1 Å². The van der Waals surface area contributed by atoms with Crippen molar-refractivity contribution in [2.75, 3.05) is 6.54 Å². The van der Waals surface area contributed by atoms with Crippen molar-refractivity contribution in [1.82, 2.24) is 5.32 Å². The second kappa shape index (κ2) is 7.94. The predicted octanol–water partition coefficient (Wildman–Crippen LogP) is 3.77. The van der Waals surface area contributed by atoms with E-state index in [4.69, 9.17) is 19.9 Å². The van der Waals surface area contributed by atoms with Crippen LogP contribution >= 0.6 is 0 Å². The summed E-state index contributed by atoms with van der Waals surface area (Å²) in [6, 6.07) is 9.07. The molecule has 7 nitrogen and oxygen atoms in total. The van der Waals surface area contributed by atoms with Gasteiger partial charge in [0, 0.05) is 12.0 Å². The minimum absolute atomic E-state index is 0.0223. The van der Waals surface area contributed by atoms with Crippen LogP contribution in [0.4, 0.5) is 4.79 Å². The Hall–Kier alpha value is -1.67. The predicted molar refractivity (Wildman–Crippen MR) is 128 cm³/mol. The minimum atomic E-state index is -1.04. The lowest BCUT2D eigenvalue weighted by molar-refractivity contribution is -0.265. The molecule has 7 heteroatoms. The molecule has 2 aliphatic heterocycles. The first-order chi connectivity index (χ1) is 15.0. The number of hydrogen-bond acceptors (Lipinski definition) is 6. The first-order valence-electron chi connectivity index (χ1n) is 11.8. The lowest BCUT2D eigenvalue weighted by Gasteiger charge is -2.53. The summed E-state index contributed by atoms with van der Waals surface area (Å²) in [5, 5.41) is 13.4. The number of rotatable bonds is 6. The van der Waals surface area contributed by atoms with Gasteiger partial charge in [0.05, 0.1) is 23.2 Å². The normalized spacial score (nSPS) is 35.5. The minimum Gasteiger partial charge on any atom is -0.439 e. The van der Waals surface area contributed by atoms with Crippen LogP contribution in [0.5, 0.6) is 0 Å². The number of carbonyl (C=O) groups excluding carboxylic acids is 1. The molecule has 0 aliphatic carbocycles. The van der Waals surface area contributed by atoms with E-state index in [-0.39, 0.29) is 6.54 Å². The average Bonchev–Trinajstić information content (AvgIpc) is 2.88. The van der Waals surface area contributed by atoms with Crippen molar-refractivity contribution in [3.8, 4) is 0 Å². The van der Waals surface area contributed by atoms with E-state index in [1.54, 1.807) is 0 Å². The average molecular weight is 463 g/mol. The van der Waals surface area contributed by atoms with E-state index < -0.39 is 51.7 Å². The zero-order valence-corrected chi connectivity index (χ0v) is 21.6. The number of aliphatic hydroxyl groups excluding tert-OH is 1. The van der Waals surface area contributed by atoms with Crippen LogP contribution < -0.4 is 11.1 Å². The van der Waals surface area contributed by atoms with Gasteiger partial charge in [0.1, 0.15) is 5.60 Å². The van der Waals surface area contributed by atoms with E-state index in [0.717, 1.165) is 5.56 Å². The molecule has 0 unspecified atom stereocenters. The summed E-state index contributed by atoms with van der Waals surface area (Å²) in [4.78, 5) is 13.3. The Morgan fingerprint density at radius 3 is 2.09 bits per heavy atom. The van der Waals surface area contributed by atoms with Crippen molar-refractivity contribution >= 4 is 6.09 Å². The first kappa shape index (κ1) is 25.9. The highest BCUT2D eigenvalue weighted by atomic mass is 16.7. The highest BCUT2D eigenvalue weighted by Crippen LogP contribution is 2.74. The molecule has 3 rings (SSSR count). The molecule has 2 heterocycles. The van der Waals surface area contributed by atoms with Crippen LogP contribution in [-0.2, 0) is 20.6 Å². The van der Waals surface area contributed by atoms with Gasteiger partial charge in [0.15, 0.2) is 11.4 Å². The number of nitrogens with two attached hydrogens (primary N) is 1. The molecule has 2 aliphatic rings. The van der Waals surface area contributed by atoms with Crippen molar-refractivity contribution in [2.45, 2.75) is 103 Å². The number of nitrogens with one attached hydrogen (secondary N) is 1. The molecular formula is C26H42N2O5. The Morgan fingerprint density at radius 2 is 1.55 bits per heavy atom. The van der Waals surface area contributed by atoms with Crippen LogP contribution in [-0.4, -0.2) is 52.5 Å². The SMILES string of the molecule is CC1(C)O[C@]2(C)OC(C)(C)[C@](C)(OC(=O)N[C@@H](Cc3ccccc3)[C@H](O)CN)[C@]2(C)C1(C)C.